The van der Waals surface area contributed by atoms with Gasteiger partial charge in [-0.15, -0.1) is 11.8 Å². The molecule has 0 aliphatic heterocycles. The van der Waals surface area contributed by atoms with E-state index in [0.717, 1.165) is 14.8 Å². The SMILES string of the molecule is CCOc1ccc(N(CC(=O)N(Cc2ccccc2)[C@H](CC)C(=O)NC(C)(C)C)S(=O)(=O)c2ccc(SC)cc2)cc1. The molecule has 0 saturated heterocycles. The summed E-state index contributed by atoms with van der Waals surface area (Å²) in [5.41, 5.74) is 0.635. The zero-order chi connectivity index (χ0) is 30.9. The summed E-state index contributed by atoms with van der Waals surface area (Å²) >= 11 is 1.51. The van der Waals surface area contributed by atoms with Crippen molar-refractivity contribution in [3.63, 3.8) is 0 Å². The largest absolute Gasteiger partial charge is 0.494 e. The summed E-state index contributed by atoms with van der Waals surface area (Å²) in [5.74, 6) is -0.199. The minimum absolute atomic E-state index is 0.0640. The molecule has 0 aliphatic rings. The first-order valence-electron chi connectivity index (χ1n) is 13.9. The van der Waals surface area contributed by atoms with Gasteiger partial charge in [-0.2, -0.15) is 0 Å². The van der Waals surface area contributed by atoms with Crippen LogP contribution in [0.3, 0.4) is 0 Å². The average molecular weight is 612 g/mol. The molecule has 3 aromatic rings. The van der Waals surface area contributed by atoms with Crippen molar-refractivity contribution >= 4 is 39.3 Å². The van der Waals surface area contributed by atoms with Crippen molar-refractivity contribution in [1.29, 1.82) is 0 Å². The van der Waals surface area contributed by atoms with Crippen LogP contribution >= 0.6 is 11.8 Å². The zero-order valence-electron chi connectivity index (χ0n) is 25.2. The molecule has 1 atom stereocenters. The summed E-state index contributed by atoms with van der Waals surface area (Å²) in [6.45, 7) is 9.46. The van der Waals surface area contributed by atoms with Gasteiger partial charge >= 0.3 is 0 Å². The van der Waals surface area contributed by atoms with E-state index in [4.69, 9.17) is 4.74 Å². The summed E-state index contributed by atoms with van der Waals surface area (Å²) in [7, 11) is -4.15. The van der Waals surface area contributed by atoms with Crippen molar-refractivity contribution in [1.82, 2.24) is 10.2 Å². The molecule has 0 spiro atoms. The third-order valence-corrected chi connectivity index (χ3v) is 8.97. The monoisotopic (exact) mass is 611 g/mol. The number of carbonyl (C=O) groups is 2. The first-order chi connectivity index (χ1) is 19.9. The molecular weight excluding hydrogens is 571 g/mol. The fourth-order valence-electron chi connectivity index (χ4n) is 4.43. The van der Waals surface area contributed by atoms with Gasteiger partial charge in [-0.05, 0) is 94.5 Å². The summed E-state index contributed by atoms with van der Waals surface area (Å²) in [4.78, 5) is 30.0. The van der Waals surface area contributed by atoms with Crippen molar-refractivity contribution in [3.05, 3.63) is 84.4 Å². The Bertz CT molecular complexity index is 1420. The van der Waals surface area contributed by atoms with Crippen LogP contribution in [0.1, 0.15) is 46.6 Å². The molecule has 1 N–H and O–H groups in total. The number of sulfonamides is 1. The number of carbonyl (C=O) groups excluding carboxylic acids is 2. The quantitative estimate of drug-likeness (QED) is 0.248. The van der Waals surface area contributed by atoms with Gasteiger partial charge in [0.05, 0.1) is 17.2 Å². The van der Waals surface area contributed by atoms with Crippen LogP contribution in [0.4, 0.5) is 5.69 Å². The predicted octanol–water partition coefficient (Wildman–Crippen LogP) is 5.72. The number of rotatable bonds is 13. The van der Waals surface area contributed by atoms with E-state index in [0.29, 0.717) is 24.5 Å². The number of nitrogens with zero attached hydrogens (tertiary/aromatic N) is 2. The number of hydrogen-bond acceptors (Lipinski definition) is 6. The van der Waals surface area contributed by atoms with Crippen LogP contribution in [0.25, 0.3) is 0 Å². The summed E-state index contributed by atoms with van der Waals surface area (Å²) < 4.78 is 34.8. The van der Waals surface area contributed by atoms with Crippen molar-refractivity contribution in [3.8, 4) is 5.75 Å². The molecule has 10 heteroatoms. The predicted molar refractivity (Wildman–Crippen MR) is 169 cm³/mol. The number of thioether (sulfide) groups is 1. The molecule has 0 unspecified atom stereocenters. The summed E-state index contributed by atoms with van der Waals surface area (Å²) in [6.07, 6.45) is 2.27. The number of benzene rings is 3. The summed E-state index contributed by atoms with van der Waals surface area (Å²) in [5, 5.41) is 2.98. The Labute approximate surface area is 254 Å². The van der Waals surface area contributed by atoms with Gasteiger partial charge in [-0.1, -0.05) is 37.3 Å². The highest BCUT2D eigenvalue weighted by molar-refractivity contribution is 7.98. The van der Waals surface area contributed by atoms with Gasteiger partial charge in [0, 0.05) is 17.0 Å². The topological polar surface area (TPSA) is 96.0 Å². The molecule has 0 heterocycles. The lowest BCUT2D eigenvalue weighted by molar-refractivity contribution is -0.141. The Hall–Kier alpha value is -3.50. The normalized spacial score (nSPS) is 12.3. The zero-order valence-corrected chi connectivity index (χ0v) is 26.8. The second-order valence-electron chi connectivity index (χ2n) is 10.8. The molecule has 3 aromatic carbocycles. The van der Waals surface area contributed by atoms with Crippen molar-refractivity contribution < 1.29 is 22.7 Å². The van der Waals surface area contributed by atoms with Crippen LogP contribution in [0.15, 0.2) is 88.7 Å². The molecule has 0 aliphatic carbocycles. The first-order valence-corrected chi connectivity index (χ1v) is 16.6. The van der Waals surface area contributed by atoms with E-state index in [1.165, 1.54) is 16.7 Å². The van der Waals surface area contributed by atoms with E-state index in [9.17, 15) is 18.0 Å². The molecule has 0 aromatic heterocycles. The van der Waals surface area contributed by atoms with E-state index in [1.54, 1.807) is 48.5 Å². The fourth-order valence-corrected chi connectivity index (χ4v) is 6.25. The molecule has 226 valence electrons. The van der Waals surface area contributed by atoms with Crippen LogP contribution in [0, 0.1) is 0 Å². The Morgan fingerprint density at radius 1 is 0.929 bits per heavy atom. The van der Waals surface area contributed by atoms with Crippen molar-refractivity contribution in [2.24, 2.45) is 0 Å². The third kappa shape index (κ3) is 8.75. The molecule has 0 bridgehead atoms. The lowest BCUT2D eigenvalue weighted by atomic mass is 10.1. The minimum atomic E-state index is -4.15. The highest BCUT2D eigenvalue weighted by atomic mass is 32.2. The molecule has 42 heavy (non-hydrogen) atoms. The van der Waals surface area contributed by atoms with E-state index in [1.807, 2.05) is 71.2 Å². The van der Waals surface area contributed by atoms with Crippen molar-refractivity contribution in [2.75, 3.05) is 23.7 Å². The van der Waals surface area contributed by atoms with E-state index < -0.39 is 34.1 Å². The van der Waals surface area contributed by atoms with Crippen LogP contribution in [-0.4, -0.2) is 56.1 Å². The maximum absolute atomic E-state index is 14.2. The number of ether oxygens (including phenoxy) is 1. The third-order valence-electron chi connectivity index (χ3n) is 6.44. The highest BCUT2D eigenvalue weighted by Gasteiger charge is 2.34. The Kier molecular flexibility index (Phi) is 11.5. The second-order valence-corrected chi connectivity index (χ2v) is 13.5. The van der Waals surface area contributed by atoms with Gasteiger partial charge in [0.1, 0.15) is 18.3 Å². The fraction of sp³-hybridized carbons (Fsp3) is 0.375. The standard InChI is InChI=1S/C32H41N3O5S2/c1-7-29(31(37)33-32(3,4)5)34(22-24-12-10-9-11-13-24)30(36)23-35(25-14-16-26(17-15-25)40-8-2)42(38,39)28-20-18-27(41-6)19-21-28/h9-21,29H,7-8,22-23H2,1-6H3,(H,33,37)/t29-/m1/s1. The number of amides is 2. The van der Waals surface area contributed by atoms with E-state index in [2.05, 4.69) is 5.32 Å². The van der Waals surface area contributed by atoms with Gasteiger partial charge < -0.3 is 15.0 Å². The number of nitrogens with one attached hydrogen (secondary N) is 1. The van der Waals surface area contributed by atoms with Crippen LogP contribution in [0.2, 0.25) is 0 Å². The average Bonchev–Trinajstić information content (AvgIpc) is 2.96. The molecule has 8 nitrogen and oxygen atoms in total. The van der Waals surface area contributed by atoms with Gasteiger partial charge in [0.2, 0.25) is 11.8 Å². The molecule has 2 amide bonds. The molecule has 0 fully saturated rings. The van der Waals surface area contributed by atoms with Gasteiger partial charge in [0.15, 0.2) is 0 Å². The minimum Gasteiger partial charge on any atom is -0.494 e. The lowest BCUT2D eigenvalue weighted by Crippen LogP contribution is -2.55. The Morgan fingerprint density at radius 2 is 1.55 bits per heavy atom. The van der Waals surface area contributed by atoms with Crippen LogP contribution in [0.5, 0.6) is 5.75 Å². The smallest absolute Gasteiger partial charge is 0.264 e. The maximum atomic E-state index is 14.2. The summed E-state index contributed by atoms with van der Waals surface area (Å²) in [6, 6.07) is 21.7. The van der Waals surface area contributed by atoms with Gasteiger partial charge in [-0.3, -0.25) is 13.9 Å². The van der Waals surface area contributed by atoms with Gasteiger partial charge in [0.25, 0.3) is 10.0 Å². The highest BCUT2D eigenvalue weighted by Crippen LogP contribution is 2.28. The second kappa shape index (κ2) is 14.6. The number of anilines is 1. The van der Waals surface area contributed by atoms with Gasteiger partial charge in [-0.25, -0.2) is 8.42 Å². The Balaban J connectivity index is 2.06. The first kappa shape index (κ1) is 33.0. The number of hydrogen-bond donors (Lipinski definition) is 1. The van der Waals surface area contributed by atoms with Crippen LogP contribution < -0.4 is 14.4 Å². The lowest BCUT2D eigenvalue weighted by Gasteiger charge is -2.34. The van der Waals surface area contributed by atoms with E-state index in [-0.39, 0.29) is 17.3 Å². The van der Waals surface area contributed by atoms with E-state index >= 15 is 0 Å². The molecule has 3 rings (SSSR count). The van der Waals surface area contributed by atoms with Crippen molar-refractivity contribution in [2.45, 2.75) is 69.0 Å². The Morgan fingerprint density at radius 3 is 2.07 bits per heavy atom. The molecular formula is C32H41N3O5S2. The molecule has 0 radical (unpaired) electrons. The van der Waals surface area contributed by atoms with Crippen LogP contribution in [-0.2, 0) is 26.2 Å². The molecule has 0 saturated carbocycles. The maximum Gasteiger partial charge on any atom is 0.264 e.